The van der Waals surface area contributed by atoms with Crippen LogP contribution < -0.4 is 5.73 Å². The number of rotatable bonds is 3. The van der Waals surface area contributed by atoms with Gasteiger partial charge < -0.3 is 15.9 Å². The van der Waals surface area contributed by atoms with Crippen molar-refractivity contribution in [2.75, 3.05) is 6.54 Å². The van der Waals surface area contributed by atoms with E-state index >= 15 is 0 Å². The van der Waals surface area contributed by atoms with Gasteiger partial charge in [0.2, 0.25) is 0 Å². The average Bonchev–Trinajstić information content (AvgIpc) is 2.19. The molecule has 0 amide bonds. The van der Waals surface area contributed by atoms with Crippen LogP contribution in [0.3, 0.4) is 0 Å². The molecule has 0 aromatic rings. The molecule has 1 aliphatic carbocycles. The van der Waals surface area contributed by atoms with E-state index in [1.165, 1.54) is 6.42 Å². The van der Waals surface area contributed by atoms with Crippen LogP contribution in [0.15, 0.2) is 0 Å². The van der Waals surface area contributed by atoms with Crippen LogP contribution in [0.2, 0.25) is 0 Å². The maximum atomic E-state index is 10.3. The van der Waals surface area contributed by atoms with Crippen LogP contribution in [0.5, 0.6) is 0 Å². The highest BCUT2D eigenvalue weighted by Crippen LogP contribution is 2.38. The third-order valence-corrected chi connectivity index (χ3v) is 3.89. The van der Waals surface area contributed by atoms with Gasteiger partial charge in [0.05, 0.1) is 5.60 Å². The summed E-state index contributed by atoms with van der Waals surface area (Å²) in [4.78, 5) is 0. The van der Waals surface area contributed by atoms with E-state index in [0.717, 1.165) is 25.7 Å². The molecule has 1 aliphatic rings. The standard InChI is InChI=1S/C11H23NO2/c1-10(13,8-12)11(2,14)9-6-4-3-5-7-9/h9,13-14H,3-8,12H2,1-2H3/t10-,11-/m1/s1. The van der Waals surface area contributed by atoms with Crippen molar-refractivity contribution in [2.45, 2.75) is 57.2 Å². The topological polar surface area (TPSA) is 66.5 Å². The van der Waals surface area contributed by atoms with Gasteiger partial charge in [-0.25, -0.2) is 0 Å². The average molecular weight is 201 g/mol. The molecule has 0 unspecified atom stereocenters. The zero-order valence-electron chi connectivity index (χ0n) is 9.29. The zero-order chi connectivity index (χ0) is 10.8. The molecule has 0 aromatic heterocycles. The summed E-state index contributed by atoms with van der Waals surface area (Å²) in [5.74, 6) is 0.190. The lowest BCUT2D eigenvalue weighted by Crippen LogP contribution is -2.59. The van der Waals surface area contributed by atoms with Crippen LogP contribution >= 0.6 is 0 Å². The van der Waals surface area contributed by atoms with Crippen LogP contribution in [-0.4, -0.2) is 28.0 Å². The summed E-state index contributed by atoms with van der Waals surface area (Å²) in [5.41, 5.74) is 3.26. The molecule has 84 valence electrons. The Balaban J connectivity index is 2.71. The largest absolute Gasteiger partial charge is 0.387 e. The Hall–Kier alpha value is -0.120. The smallest absolute Gasteiger partial charge is 0.103 e. The maximum Gasteiger partial charge on any atom is 0.103 e. The van der Waals surface area contributed by atoms with E-state index in [1.807, 2.05) is 0 Å². The van der Waals surface area contributed by atoms with E-state index in [0.29, 0.717) is 0 Å². The van der Waals surface area contributed by atoms with Crippen LogP contribution in [0.25, 0.3) is 0 Å². The van der Waals surface area contributed by atoms with Crippen molar-refractivity contribution in [3.8, 4) is 0 Å². The monoisotopic (exact) mass is 201 g/mol. The zero-order valence-corrected chi connectivity index (χ0v) is 9.29. The van der Waals surface area contributed by atoms with E-state index in [-0.39, 0.29) is 12.5 Å². The molecule has 1 saturated carbocycles. The molecule has 1 fully saturated rings. The summed E-state index contributed by atoms with van der Waals surface area (Å²) in [5, 5.41) is 20.4. The molecule has 0 bridgehead atoms. The Morgan fingerprint density at radius 3 is 2.07 bits per heavy atom. The molecule has 0 aliphatic heterocycles. The molecule has 4 N–H and O–H groups in total. The second-order valence-corrected chi connectivity index (χ2v) is 4.96. The lowest BCUT2D eigenvalue weighted by Gasteiger charge is -2.44. The van der Waals surface area contributed by atoms with Gasteiger partial charge in [0.1, 0.15) is 5.60 Å². The normalized spacial score (nSPS) is 28.1. The Kier molecular flexibility index (Phi) is 3.56. The van der Waals surface area contributed by atoms with Crippen LogP contribution in [-0.2, 0) is 0 Å². The van der Waals surface area contributed by atoms with Gasteiger partial charge in [-0.05, 0) is 32.6 Å². The molecule has 0 saturated heterocycles. The number of hydrogen-bond acceptors (Lipinski definition) is 3. The minimum Gasteiger partial charge on any atom is -0.387 e. The molecule has 14 heavy (non-hydrogen) atoms. The van der Waals surface area contributed by atoms with Crippen molar-refractivity contribution in [3.63, 3.8) is 0 Å². The molecular weight excluding hydrogens is 178 g/mol. The Labute approximate surface area is 86.3 Å². The van der Waals surface area contributed by atoms with Gasteiger partial charge in [-0.2, -0.15) is 0 Å². The van der Waals surface area contributed by atoms with Gasteiger partial charge in [0.15, 0.2) is 0 Å². The third kappa shape index (κ3) is 2.10. The van der Waals surface area contributed by atoms with Gasteiger partial charge >= 0.3 is 0 Å². The predicted molar refractivity (Wildman–Crippen MR) is 56.9 cm³/mol. The molecule has 3 nitrogen and oxygen atoms in total. The highest BCUT2D eigenvalue weighted by molar-refractivity contribution is 4.99. The minimum absolute atomic E-state index is 0.108. The first-order valence-corrected chi connectivity index (χ1v) is 5.56. The van der Waals surface area contributed by atoms with Gasteiger partial charge in [-0.15, -0.1) is 0 Å². The van der Waals surface area contributed by atoms with Gasteiger partial charge in [-0.1, -0.05) is 19.3 Å². The summed E-state index contributed by atoms with van der Waals surface area (Å²) in [6, 6.07) is 0. The minimum atomic E-state index is -1.17. The fourth-order valence-electron chi connectivity index (χ4n) is 2.31. The number of nitrogens with two attached hydrogens (primary N) is 1. The van der Waals surface area contributed by atoms with Crippen LogP contribution in [0, 0.1) is 5.92 Å². The predicted octanol–water partition coefficient (Wildman–Crippen LogP) is 1.03. The van der Waals surface area contributed by atoms with Crippen molar-refractivity contribution < 1.29 is 10.2 Å². The molecule has 0 radical (unpaired) electrons. The van der Waals surface area contributed by atoms with Crippen molar-refractivity contribution in [3.05, 3.63) is 0 Å². The lowest BCUT2D eigenvalue weighted by molar-refractivity contribution is -0.162. The second kappa shape index (κ2) is 4.17. The van der Waals surface area contributed by atoms with E-state index < -0.39 is 11.2 Å². The Morgan fingerprint density at radius 1 is 1.14 bits per heavy atom. The summed E-state index contributed by atoms with van der Waals surface area (Å²) < 4.78 is 0. The molecule has 0 aromatic carbocycles. The van der Waals surface area contributed by atoms with Crippen molar-refractivity contribution >= 4 is 0 Å². The summed E-state index contributed by atoms with van der Waals surface area (Å²) in [7, 11) is 0. The quantitative estimate of drug-likeness (QED) is 0.639. The summed E-state index contributed by atoms with van der Waals surface area (Å²) >= 11 is 0. The molecule has 1 rings (SSSR count). The molecular formula is C11H23NO2. The van der Waals surface area contributed by atoms with Gasteiger partial charge in [0, 0.05) is 6.54 Å². The molecule has 2 atom stereocenters. The third-order valence-electron chi connectivity index (χ3n) is 3.89. The highest BCUT2D eigenvalue weighted by atomic mass is 16.4. The first-order chi connectivity index (χ1) is 6.42. The van der Waals surface area contributed by atoms with Crippen molar-refractivity contribution in [2.24, 2.45) is 11.7 Å². The number of hydrogen-bond donors (Lipinski definition) is 3. The van der Waals surface area contributed by atoms with E-state index in [4.69, 9.17) is 5.73 Å². The Morgan fingerprint density at radius 2 is 1.64 bits per heavy atom. The fraction of sp³-hybridized carbons (Fsp3) is 1.00. The van der Waals surface area contributed by atoms with E-state index in [9.17, 15) is 10.2 Å². The second-order valence-electron chi connectivity index (χ2n) is 4.96. The molecule has 3 heteroatoms. The summed E-state index contributed by atoms with van der Waals surface area (Å²) in [6.07, 6.45) is 5.56. The van der Waals surface area contributed by atoms with Crippen molar-refractivity contribution in [1.29, 1.82) is 0 Å². The Bertz CT molecular complexity index is 184. The van der Waals surface area contributed by atoms with Crippen molar-refractivity contribution in [1.82, 2.24) is 0 Å². The van der Waals surface area contributed by atoms with Crippen LogP contribution in [0.1, 0.15) is 46.0 Å². The fourth-order valence-corrected chi connectivity index (χ4v) is 2.31. The maximum absolute atomic E-state index is 10.3. The molecule has 0 heterocycles. The highest BCUT2D eigenvalue weighted by Gasteiger charge is 2.46. The SMILES string of the molecule is C[C@@](O)(CN)[C@](C)(O)C1CCCCC1. The van der Waals surface area contributed by atoms with Crippen LogP contribution in [0.4, 0.5) is 0 Å². The van der Waals surface area contributed by atoms with E-state index in [2.05, 4.69) is 0 Å². The first-order valence-electron chi connectivity index (χ1n) is 5.56. The van der Waals surface area contributed by atoms with Gasteiger partial charge in [0.25, 0.3) is 0 Å². The summed E-state index contributed by atoms with van der Waals surface area (Å²) in [6.45, 7) is 3.45. The number of aliphatic hydroxyl groups is 2. The molecule has 0 spiro atoms. The van der Waals surface area contributed by atoms with Gasteiger partial charge in [-0.3, -0.25) is 0 Å². The lowest BCUT2D eigenvalue weighted by atomic mass is 9.70. The first kappa shape index (κ1) is 12.0. The van der Waals surface area contributed by atoms with E-state index in [1.54, 1.807) is 13.8 Å².